The summed E-state index contributed by atoms with van der Waals surface area (Å²) in [5, 5.41) is 0.344. The fraction of sp³-hybridized carbons (Fsp3) is 0.444. The summed E-state index contributed by atoms with van der Waals surface area (Å²) in [4.78, 5) is 7.06. The highest BCUT2D eigenvalue weighted by Gasteiger charge is 2.43. The number of likely N-dealkylation sites (tertiary alicyclic amines) is 1. The first kappa shape index (κ1) is 22.8. The number of piperidine rings is 1. The van der Waals surface area contributed by atoms with E-state index in [0.717, 1.165) is 69.2 Å². The highest BCUT2D eigenvalue weighted by molar-refractivity contribution is 6.30. The van der Waals surface area contributed by atoms with Gasteiger partial charge in [0.2, 0.25) is 0 Å². The molecular weight excluding hydrogens is 469 g/mol. The maximum absolute atomic E-state index is 14.7. The molecule has 0 radical (unpaired) electrons. The number of halogens is 2. The topological polar surface area (TPSA) is 48.8 Å². The Bertz CT molecular complexity index is 1220. The van der Waals surface area contributed by atoms with Gasteiger partial charge in [0.15, 0.2) is 11.5 Å². The molecule has 1 aromatic heterocycles. The SMILES string of the molecule is CC1(c2ccc(Cl)cc2F)Oc2cccc(C3CCN(Cc4nccn4CC4CCO4)CC3)c2O1. The van der Waals surface area contributed by atoms with Crippen LogP contribution in [0, 0.1) is 5.82 Å². The van der Waals surface area contributed by atoms with E-state index in [1.54, 1.807) is 19.1 Å². The van der Waals surface area contributed by atoms with E-state index in [4.69, 9.17) is 25.8 Å². The second kappa shape index (κ2) is 9.12. The number of imidazole rings is 1. The summed E-state index contributed by atoms with van der Waals surface area (Å²) < 4.78 is 35.0. The quantitative estimate of drug-likeness (QED) is 0.451. The van der Waals surface area contributed by atoms with Gasteiger partial charge in [-0.05, 0) is 62.5 Å². The van der Waals surface area contributed by atoms with Gasteiger partial charge in [0.1, 0.15) is 11.6 Å². The summed E-state index contributed by atoms with van der Waals surface area (Å²) in [7, 11) is 0. The monoisotopic (exact) mass is 497 g/mol. The van der Waals surface area contributed by atoms with Gasteiger partial charge in [-0.1, -0.05) is 23.7 Å². The van der Waals surface area contributed by atoms with E-state index in [2.05, 4.69) is 26.7 Å². The first-order valence-electron chi connectivity index (χ1n) is 12.3. The second-order valence-electron chi connectivity index (χ2n) is 9.78. The number of nitrogens with zero attached hydrogens (tertiary/aromatic N) is 3. The van der Waals surface area contributed by atoms with E-state index in [0.29, 0.717) is 28.4 Å². The van der Waals surface area contributed by atoms with Gasteiger partial charge in [0, 0.05) is 36.5 Å². The normalized spacial score (nSPS) is 24.5. The van der Waals surface area contributed by atoms with Crippen molar-refractivity contribution in [2.75, 3.05) is 19.7 Å². The van der Waals surface area contributed by atoms with Gasteiger partial charge < -0.3 is 18.8 Å². The van der Waals surface area contributed by atoms with Crippen molar-refractivity contribution >= 4 is 11.6 Å². The zero-order chi connectivity index (χ0) is 24.0. The van der Waals surface area contributed by atoms with E-state index in [-0.39, 0.29) is 0 Å². The molecule has 3 aliphatic rings. The molecule has 4 heterocycles. The molecule has 0 amide bonds. The summed E-state index contributed by atoms with van der Waals surface area (Å²) >= 11 is 5.94. The molecule has 0 saturated carbocycles. The molecule has 6 nitrogen and oxygen atoms in total. The Morgan fingerprint density at radius 2 is 1.97 bits per heavy atom. The fourth-order valence-corrected chi connectivity index (χ4v) is 5.50. The molecule has 8 heteroatoms. The van der Waals surface area contributed by atoms with E-state index < -0.39 is 11.6 Å². The predicted octanol–water partition coefficient (Wildman–Crippen LogP) is 5.49. The number of hydrogen-bond donors (Lipinski definition) is 0. The van der Waals surface area contributed by atoms with Crippen molar-refractivity contribution in [2.24, 2.45) is 0 Å². The first-order chi connectivity index (χ1) is 17.0. The van der Waals surface area contributed by atoms with Gasteiger partial charge >= 0.3 is 0 Å². The molecule has 3 aromatic rings. The number of hydrogen-bond acceptors (Lipinski definition) is 5. The second-order valence-corrected chi connectivity index (χ2v) is 10.2. The summed E-state index contributed by atoms with van der Waals surface area (Å²) in [6, 6.07) is 10.6. The largest absolute Gasteiger partial charge is 0.444 e. The lowest BCUT2D eigenvalue weighted by Crippen LogP contribution is -2.35. The van der Waals surface area contributed by atoms with Crippen molar-refractivity contribution in [3.8, 4) is 11.5 Å². The van der Waals surface area contributed by atoms with Gasteiger partial charge in [-0.25, -0.2) is 9.37 Å². The van der Waals surface area contributed by atoms with Crippen molar-refractivity contribution in [3.63, 3.8) is 0 Å². The average molecular weight is 498 g/mol. The Morgan fingerprint density at radius 1 is 1.14 bits per heavy atom. The molecule has 0 bridgehead atoms. The average Bonchev–Trinajstić information content (AvgIpc) is 3.40. The summed E-state index contributed by atoms with van der Waals surface area (Å²) in [6.45, 7) is 6.30. The van der Waals surface area contributed by atoms with Crippen LogP contribution in [0.15, 0.2) is 48.8 Å². The fourth-order valence-electron chi connectivity index (χ4n) is 5.34. The zero-order valence-corrected chi connectivity index (χ0v) is 20.5. The van der Waals surface area contributed by atoms with Crippen LogP contribution in [-0.4, -0.2) is 40.3 Å². The van der Waals surface area contributed by atoms with Crippen molar-refractivity contribution in [1.29, 1.82) is 0 Å². The van der Waals surface area contributed by atoms with Crippen LogP contribution in [0.2, 0.25) is 5.02 Å². The van der Waals surface area contributed by atoms with Crippen molar-refractivity contribution in [1.82, 2.24) is 14.5 Å². The van der Waals surface area contributed by atoms with Crippen LogP contribution in [-0.2, 0) is 23.6 Å². The molecule has 2 atom stereocenters. The summed E-state index contributed by atoms with van der Waals surface area (Å²) in [5.74, 6) is 1.16. The van der Waals surface area contributed by atoms with Crippen LogP contribution in [0.4, 0.5) is 4.39 Å². The molecule has 0 spiro atoms. The number of rotatable bonds is 6. The molecule has 2 fully saturated rings. The minimum Gasteiger partial charge on any atom is -0.444 e. The number of benzene rings is 2. The molecule has 3 aliphatic heterocycles. The summed E-state index contributed by atoms with van der Waals surface area (Å²) in [5.41, 5.74) is 1.46. The van der Waals surface area contributed by atoms with Crippen molar-refractivity contribution in [2.45, 2.75) is 57.1 Å². The number of ether oxygens (including phenoxy) is 3. The van der Waals surface area contributed by atoms with Crippen LogP contribution in [0.5, 0.6) is 11.5 Å². The lowest BCUT2D eigenvalue weighted by Gasteiger charge is -2.33. The lowest BCUT2D eigenvalue weighted by atomic mass is 9.88. The Morgan fingerprint density at radius 3 is 2.71 bits per heavy atom. The zero-order valence-electron chi connectivity index (χ0n) is 19.8. The van der Waals surface area contributed by atoms with Gasteiger partial charge in [-0.15, -0.1) is 0 Å². The van der Waals surface area contributed by atoms with E-state index >= 15 is 0 Å². The van der Waals surface area contributed by atoms with Crippen LogP contribution >= 0.6 is 11.6 Å². The van der Waals surface area contributed by atoms with Gasteiger partial charge in [0.05, 0.1) is 24.8 Å². The summed E-state index contributed by atoms with van der Waals surface area (Å²) in [6.07, 6.45) is 7.40. The highest BCUT2D eigenvalue weighted by atomic mass is 35.5. The van der Waals surface area contributed by atoms with Crippen molar-refractivity contribution < 1.29 is 18.6 Å². The maximum atomic E-state index is 14.7. The molecule has 0 N–H and O–H groups in total. The van der Waals surface area contributed by atoms with Crippen LogP contribution in [0.1, 0.15) is 49.1 Å². The molecule has 0 aliphatic carbocycles. The van der Waals surface area contributed by atoms with Gasteiger partial charge in [0.25, 0.3) is 5.79 Å². The number of fused-ring (bicyclic) bond motifs is 1. The van der Waals surface area contributed by atoms with E-state index in [1.807, 2.05) is 18.3 Å². The molecular formula is C27H29ClFN3O3. The van der Waals surface area contributed by atoms with E-state index in [1.165, 1.54) is 6.07 Å². The Labute approximate surface area is 209 Å². The van der Waals surface area contributed by atoms with Crippen LogP contribution in [0.3, 0.4) is 0 Å². The first-order valence-corrected chi connectivity index (χ1v) is 12.7. The molecule has 35 heavy (non-hydrogen) atoms. The third kappa shape index (κ3) is 4.41. The predicted molar refractivity (Wildman–Crippen MR) is 130 cm³/mol. The molecule has 184 valence electrons. The van der Waals surface area contributed by atoms with Crippen LogP contribution in [0.25, 0.3) is 0 Å². The smallest absolute Gasteiger partial charge is 0.278 e. The Balaban J connectivity index is 1.13. The molecule has 2 saturated heterocycles. The van der Waals surface area contributed by atoms with Gasteiger partial charge in [-0.3, -0.25) is 4.90 Å². The molecule has 2 aromatic carbocycles. The van der Waals surface area contributed by atoms with Crippen molar-refractivity contribution in [3.05, 3.63) is 76.6 Å². The standard InChI is InChI=1S/C27H29ClFN3O3/c1-27(22-6-5-19(28)15-23(22)29)34-24-4-2-3-21(26(24)35-27)18-7-11-31(12-8-18)17-25-30-10-13-32(25)16-20-9-14-33-20/h2-6,10,13,15,18,20H,7-9,11-12,14,16-17H2,1H3. The Kier molecular flexibility index (Phi) is 5.95. The highest BCUT2D eigenvalue weighted by Crippen LogP contribution is 2.49. The third-order valence-electron chi connectivity index (χ3n) is 7.42. The molecule has 6 rings (SSSR count). The van der Waals surface area contributed by atoms with Crippen LogP contribution < -0.4 is 9.47 Å². The lowest BCUT2D eigenvalue weighted by molar-refractivity contribution is -0.0712. The maximum Gasteiger partial charge on any atom is 0.278 e. The number of para-hydroxylation sites is 1. The van der Waals surface area contributed by atoms with Gasteiger partial charge in [-0.2, -0.15) is 0 Å². The third-order valence-corrected chi connectivity index (χ3v) is 7.65. The Hall–Kier alpha value is -2.61. The molecule has 2 unspecified atom stereocenters. The number of aromatic nitrogens is 2. The van der Waals surface area contributed by atoms with E-state index in [9.17, 15) is 4.39 Å². The minimum absolute atomic E-state index is 0.322. The minimum atomic E-state index is -1.23.